The molecule has 1 aromatic heterocycles. The summed E-state index contributed by atoms with van der Waals surface area (Å²) in [4.78, 5) is 0. The molecule has 0 atom stereocenters. The standard InChI is InChI=1S/C7H13N3O3S/c1-6-4-7(13-10-6)5-9-14(11,12)3-2-8/h4,9H,2-3,5,8H2,1H3. The fourth-order valence-electron chi connectivity index (χ4n) is 0.908. The summed E-state index contributed by atoms with van der Waals surface area (Å²) >= 11 is 0. The molecule has 1 rings (SSSR count). The Kier molecular flexibility index (Phi) is 3.62. The molecule has 0 bridgehead atoms. The van der Waals surface area contributed by atoms with E-state index in [1.54, 1.807) is 13.0 Å². The molecule has 0 amide bonds. The smallest absolute Gasteiger partial charge is 0.213 e. The number of hydrogen-bond donors (Lipinski definition) is 2. The van der Waals surface area contributed by atoms with E-state index in [4.69, 9.17) is 10.3 Å². The summed E-state index contributed by atoms with van der Waals surface area (Å²) in [5.41, 5.74) is 5.85. The van der Waals surface area contributed by atoms with Gasteiger partial charge in [-0.05, 0) is 6.92 Å². The number of aryl methyl sites for hydroxylation is 1. The molecule has 6 nitrogen and oxygen atoms in total. The van der Waals surface area contributed by atoms with Gasteiger partial charge in [0.25, 0.3) is 0 Å². The average Bonchev–Trinajstić information content (AvgIpc) is 2.48. The van der Waals surface area contributed by atoms with Crippen LogP contribution < -0.4 is 10.5 Å². The summed E-state index contributed by atoms with van der Waals surface area (Å²) in [6.07, 6.45) is 0. The number of nitrogens with two attached hydrogens (primary N) is 1. The lowest BCUT2D eigenvalue weighted by Gasteiger charge is -2.01. The van der Waals surface area contributed by atoms with Gasteiger partial charge in [0.2, 0.25) is 10.0 Å². The van der Waals surface area contributed by atoms with E-state index in [1.165, 1.54) is 0 Å². The van der Waals surface area contributed by atoms with E-state index < -0.39 is 10.0 Å². The average molecular weight is 219 g/mol. The van der Waals surface area contributed by atoms with E-state index in [0.29, 0.717) is 5.76 Å². The Balaban J connectivity index is 2.48. The molecule has 0 saturated carbocycles. The Labute approximate surface area is 82.5 Å². The van der Waals surface area contributed by atoms with E-state index >= 15 is 0 Å². The van der Waals surface area contributed by atoms with Gasteiger partial charge >= 0.3 is 0 Å². The van der Waals surface area contributed by atoms with Crippen LogP contribution in [-0.2, 0) is 16.6 Å². The molecule has 7 heteroatoms. The highest BCUT2D eigenvalue weighted by atomic mass is 32.2. The summed E-state index contributed by atoms with van der Waals surface area (Å²) < 4.78 is 29.5. The van der Waals surface area contributed by atoms with Crippen LogP contribution >= 0.6 is 0 Å². The number of nitrogens with one attached hydrogen (secondary N) is 1. The first-order valence-corrected chi connectivity index (χ1v) is 5.78. The molecule has 0 fully saturated rings. The Bertz CT molecular complexity index is 385. The van der Waals surface area contributed by atoms with Crippen molar-refractivity contribution in [3.63, 3.8) is 0 Å². The van der Waals surface area contributed by atoms with Crippen molar-refractivity contribution in [3.8, 4) is 0 Å². The second-order valence-electron chi connectivity index (χ2n) is 2.86. The van der Waals surface area contributed by atoms with E-state index in [-0.39, 0.29) is 18.8 Å². The largest absolute Gasteiger partial charge is 0.360 e. The van der Waals surface area contributed by atoms with Crippen LogP contribution in [0.4, 0.5) is 0 Å². The van der Waals surface area contributed by atoms with E-state index in [0.717, 1.165) is 5.69 Å². The molecule has 0 aliphatic heterocycles. The second-order valence-corrected chi connectivity index (χ2v) is 4.79. The molecule has 0 aliphatic carbocycles. The zero-order chi connectivity index (χ0) is 10.6. The zero-order valence-corrected chi connectivity index (χ0v) is 8.67. The van der Waals surface area contributed by atoms with Gasteiger partial charge in [-0.3, -0.25) is 0 Å². The molecule has 0 saturated heterocycles. The topological polar surface area (TPSA) is 98.2 Å². The maximum absolute atomic E-state index is 11.2. The highest BCUT2D eigenvalue weighted by molar-refractivity contribution is 7.89. The minimum atomic E-state index is -3.28. The number of nitrogens with zero attached hydrogens (tertiary/aromatic N) is 1. The lowest BCUT2D eigenvalue weighted by molar-refractivity contribution is 0.377. The van der Waals surface area contributed by atoms with E-state index in [2.05, 4.69) is 9.88 Å². The number of sulfonamides is 1. The Morgan fingerprint density at radius 1 is 1.64 bits per heavy atom. The molecule has 80 valence electrons. The van der Waals surface area contributed by atoms with Crippen molar-refractivity contribution in [2.24, 2.45) is 5.73 Å². The molecule has 3 N–H and O–H groups in total. The van der Waals surface area contributed by atoms with Crippen molar-refractivity contribution in [2.75, 3.05) is 12.3 Å². The first-order valence-electron chi connectivity index (χ1n) is 4.13. The lowest BCUT2D eigenvalue weighted by Crippen LogP contribution is -2.29. The molecular formula is C7H13N3O3S. The van der Waals surface area contributed by atoms with Crippen LogP contribution in [0.5, 0.6) is 0 Å². The summed E-state index contributed by atoms with van der Waals surface area (Å²) in [7, 11) is -3.28. The predicted molar refractivity (Wildman–Crippen MR) is 50.9 cm³/mol. The van der Waals surface area contributed by atoms with Crippen molar-refractivity contribution >= 4 is 10.0 Å². The minimum Gasteiger partial charge on any atom is -0.360 e. The van der Waals surface area contributed by atoms with Gasteiger partial charge in [-0.25, -0.2) is 13.1 Å². The number of hydrogen-bond acceptors (Lipinski definition) is 5. The van der Waals surface area contributed by atoms with Crippen molar-refractivity contribution < 1.29 is 12.9 Å². The van der Waals surface area contributed by atoms with Crippen LogP contribution in [0.1, 0.15) is 11.5 Å². The second kappa shape index (κ2) is 4.54. The maximum atomic E-state index is 11.2. The normalized spacial score (nSPS) is 11.9. The highest BCUT2D eigenvalue weighted by Crippen LogP contribution is 2.01. The summed E-state index contributed by atoms with van der Waals surface area (Å²) in [5.74, 6) is 0.406. The van der Waals surface area contributed by atoms with Gasteiger partial charge in [-0.15, -0.1) is 0 Å². The lowest BCUT2D eigenvalue weighted by atomic mass is 10.4. The van der Waals surface area contributed by atoms with Gasteiger partial charge < -0.3 is 10.3 Å². The fourth-order valence-corrected chi connectivity index (χ4v) is 1.72. The monoisotopic (exact) mass is 219 g/mol. The third kappa shape index (κ3) is 3.44. The third-order valence-corrected chi connectivity index (χ3v) is 2.89. The van der Waals surface area contributed by atoms with E-state index in [9.17, 15) is 8.42 Å². The molecule has 0 unspecified atom stereocenters. The highest BCUT2D eigenvalue weighted by Gasteiger charge is 2.09. The van der Waals surface area contributed by atoms with Gasteiger partial charge in [0.1, 0.15) is 0 Å². The summed E-state index contributed by atoms with van der Waals surface area (Å²) in [5, 5.41) is 3.63. The Morgan fingerprint density at radius 2 is 2.36 bits per heavy atom. The molecule has 0 spiro atoms. The zero-order valence-electron chi connectivity index (χ0n) is 7.86. The quantitative estimate of drug-likeness (QED) is 0.686. The van der Waals surface area contributed by atoms with Crippen LogP contribution in [0.25, 0.3) is 0 Å². The molecule has 14 heavy (non-hydrogen) atoms. The minimum absolute atomic E-state index is 0.0832. The Hall–Kier alpha value is -0.920. The van der Waals surface area contributed by atoms with Crippen molar-refractivity contribution in [3.05, 3.63) is 17.5 Å². The summed E-state index contributed by atoms with van der Waals surface area (Å²) in [6, 6.07) is 1.67. The SMILES string of the molecule is Cc1cc(CNS(=O)(=O)CCN)on1. The predicted octanol–water partition coefficient (Wildman–Crippen LogP) is -0.639. The maximum Gasteiger partial charge on any atom is 0.213 e. The van der Waals surface area contributed by atoms with Crippen molar-refractivity contribution in [1.82, 2.24) is 9.88 Å². The fraction of sp³-hybridized carbons (Fsp3) is 0.571. The van der Waals surface area contributed by atoms with Crippen LogP contribution in [0, 0.1) is 6.92 Å². The van der Waals surface area contributed by atoms with Gasteiger partial charge in [0.05, 0.1) is 18.0 Å². The first-order chi connectivity index (χ1) is 6.53. The van der Waals surface area contributed by atoms with Gasteiger partial charge in [-0.2, -0.15) is 0 Å². The molecular weight excluding hydrogens is 206 g/mol. The number of rotatable bonds is 5. The van der Waals surface area contributed by atoms with Crippen molar-refractivity contribution in [2.45, 2.75) is 13.5 Å². The molecule has 1 heterocycles. The number of aromatic nitrogens is 1. The van der Waals surface area contributed by atoms with Gasteiger partial charge in [0.15, 0.2) is 5.76 Å². The van der Waals surface area contributed by atoms with Crippen LogP contribution in [0.3, 0.4) is 0 Å². The molecule has 1 aromatic rings. The molecule has 0 aromatic carbocycles. The van der Waals surface area contributed by atoms with Crippen LogP contribution in [-0.4, -0.2) is 25.9 Å². The van der Waals surface area contributed by atoms with Gasteiger partial charge in [0, 0.05) is 12.6 Å². The van der Waals surface area contributed by atoms with Crippen LogP contribution in [0.15, 0.2) is 10.6 Å². The molecule has 0 aliphatic rings. The Morgan fingerprint density at radius 3 is 2.86 bits per heavy atom. The first kappa shape index (κ1) is 11.2. The van der Waals surface area contributed by atoms with E-state index in [1.807, 2.05) is 0 Å². The van der Waals surface area contributed by atoms with Crippen molar-refractivity contribution in [1.29, 1.82) is 0 Å². The molecule has 0 radical (unpaired) electrons. The van der Waals surface area contributed by atoms with Crippen LogP contribution in [0.2, 0.25) is 0 Å². The third-order valence-electron chi connectivity index (χ3n) is 1.53. The van der Waals surface area contributed by atoms with Gasteiger partial charge in [-0.1, -0.05) is 5.16 Å². The summed E-state index contributed by atoms with van der Waals surface area (Å²) in [6.45, 7) is 1.98.